The van der Waals surface area contributed by atoms with Gasteiger partial charge in [0.1, 0.15) is 17.5 Å². The number of hydrogen-bond donors (Lipinski definition) is 2. The van der Waals surface area contributed by atoms with E-state index in [1.54, 1.807) is 0 Å². The van der Waals surface area contributed by atoms with Gasteiger partial charge in [-0.05, 0) is 43.5 Å². The van der Waals surface area contributed by atoms with Crippen LogP contribution in [-0.2, 0) is 0 Å². The Morgan fingerprint density at radius 3 is 2.43 bits per heavy atom. The van der Waals surface area contributed by atoms with E-state index >= 15 is 0 Å². The minimum absolute atomic E-state index is 0.673. The highest BCUT2D eigenvalue weighted by Crippen LogP contribution is 2.19. The van der Waals surface area contributed by atoms with Crippen LogP contribution in [-0.4, -0.2) is 16.5 Å². The molecule has 0 bridgehead atoms. The first kappa shape index (κ1) is 15.6. The van der Waals surface area contributed by atoms with Gasteiger partial charge in [0.25, 0.3) is 0 Å². The monoisotopic (exact) mass is 304 g/mol. The molecule has 21 heavy (non-hydrogen) atoms. The third-order valence-corrected chi connectivity index (χ3v) is 3.23. The predicted octanol–water partition coefficient (Wildman–Crippen LogP) is 4.64. The molecule has 2 aromatic rings. The molecule has 0 amide bonds. The van der Waals surface area contributed by atoms with Crippen molar-refractivity contribution >= 4 is 28.9 Å². The average molecular weight is 305 g/mol. The van der Waals surface area contributed by atoms with Crippen LogP contribution < -0.4 is 10.6 Å². The lowest BCUT2D eigenvalue weighted by molar-refractivity contribution is 0.606. The van der Waals surface area contributed by atoms with E-state index in [1.807, 2.05) is 37.3 Å². The van der Waals surface area contributed by atoms with Gasteiger partial charge in [-0.2, -0.15) is 0 Å². The number of rotatable bonds is 6. The summed E-state index contributed by atoms with van der Waals surface area (Å²) < 4.78 is 0. The van der Waals surface area contributed by atoms with Gasteiger partial charge in [-0.15, -0.1) is 0 Å². The van der Waals surface area contributed by atoms with Gasteiger partial charge in [0.2, 0.25) is 0 Å². The third kappa shape index (κ3) is 5.23. The highest BCUT2D eigenvalue weighted by molar-refractivity contribution is 6.30. The Hall–Kier alpha value is -1.81. The summed E-state index contributed by atoms with van der Waals surface area (Å²) in [5.41, 5.74) is 0.950. The molecule has 1 aromatic heterocycles. The summed E-state index contributed by atoms with van der Waals surface area (Å²) in [5.74, 6) is 3.03. The van der Waals surface area contributed by atoms with Gasteiger partial charge in [-0.3, -0.25) is 0 Å². The quantitative estimate of drug-likeness (QED) is 0.816. The summed E-state index contributed by atoms with van der Waals surface area (Å²) in [4.78, 5) is 8.80. The Kier molecular flexibility index (Phi) is 5.39. The Balaban J connectivity index is 2.05. The number of benzene rings is 1. The van der Waals surface area contributed by atoms with Crippen LogP contribution in [0.4, 0.5) is 17.3 Å². The summed E-state index contributed by atoms with van der Waals surface area (Å²) in [6.45, 7) is 7.22. The zero-order valence-corrected chi connectivity index (χ0v) is 13.4. The van der Waals surface area contributed by atoms with E-state index in [-0.39, 0.29) is 0 Å². The molecular formula is C16H21ClN4. The fourth-order valence-electron chi connectivity index (χ4n) is 1.89. The standard InChI is InChI=1S/C16H21ClN4/c1-11(2)8-9-18-15-10-16(20-12(3)19-15)21-14-6-4-13(17)5-7-14/h4-7,10-11H,8-9H2,1-3H3,(H2,18,19,20,21). The van der Waals surface area contributed by atoms with Crippen molar-refractivity contribution < 1.29 is 0 Å². The molecule has 0 saturated heterocycles. The zero-order chi connectivity index (χ0) is 15.2. The van der Waals surface area contributed by atoms with Gasteiger partial charge >= 0.3 is 0 Å². The smallest absolute Gasteiger partial charge is 0.136 e. The van der Waals surface area contributed by atoms with Crippen LogP contribution in [0.1, 0.15) is 26.1 Å². The number of aryl methyl sites for hydroxylation is 1. The minimum atomic E-state index is 0.673. The lowest BCUT2D eigenvalue weighted by Crippen LogP contribution is -2.08. The van der Waals surface area contributed by atoms with E-state index in [4.69, 9.17) is 11.6 Å². The molecule has 2 rings (SSSR count). The summed E-state index contributed by atoms with van der Waals surface area (Å²) in [7, 11) is 0. The number of halogens is 1. The maximum Gasteiger partial charge on any atom is 0.136 e. The van der Waals surface area contributed by atoms with Gasteiger partial charge < -0.3 is 10.6 Å². The molecule has 0 saturated carbocycles. The van der Waals surface area contributed by atoms with Gasteiger partial charge in [-0.1, -0.05) is 25.4 Å². The summed E-state index contributed by atoms with van der Waals surface area (Å²) >= 11 is 5.88. The summed E-state index contributed by atoms with van der Waals surface area (Å²) in [5, 5.41) is 7.32. The van der Waals surface area contributed by atoms with E-state index < -0.39 is 0 Å². The van der Waals surface area contributed by atoms with E-state index in [0.29, 0.717) is 5.92 Å². The van der Waals surface area contributed by atoms with Crippen molar-refractivity contribution in [3.8, 4) is 0 Å². The first-order chi connectivity index (χ1) is 10.0. The van der Waals surface area contributed by atoms with Crippen LogP contribution in [0.3, 0.4) is 0 Å². The van der Waals surface area contributed by atoms with Gasteiger partial charge in [0.05, 0.1) is 0 Å². The average Bonchev–Trinajstić information content (AvgIpc) is 2.40. The molecule has 5 heteroatoms. The fourth-order valence-corrected chi connectivity index (χ4v) is 2.02. The predicted molar refractivity (Wildman–Crippen MR) is 89.4 cm³/mol. The van der Waals surface area contributed by atoms with Crippen molar-refractivity contribution in [3.05, 3.63) is 41.2 Å². The molecule has 1 heterocycles. The molecule has 0 radical (unpaired) electrons. The molecule has 112 valence electrons. The molecule has 0 atom stereocenters. The topological polar surface area (TPSA) is 49.8 Å². The Morgan fingerprint density at radius 2 is 1.76 bits per heavy atom. The van der Waals surface area contributed by atoms with Crippen molar-refractivity contribution in [3.63, 3.8) is 0 Å². The molecular weight excluding hydrogens is 284 g/mol. The SMILES string of the molecule is Cc1nc(NCCC(C)C)cc(Nc2ccc(Cl)cc2)n1. The first-order valence-corrected chi connectivity index (χ1v) is 7.53. The second-order valence-corrected chi connectivity index (χ2v) is 5.86. The molecule has 0 aliphatic carbocycles. The van der Waals surface area contributed by atoms with Crippen LogP contribution >= 0.6 is 11.6 Å². The maximum absolute atomic E-state index is 5.88. The molecule has 1 aromatic carbocycles. The Bertz CT molecular complexity index is 581. The molecule has 0 unspecified atom stereocenters. The normalized spacial score (nSPS) is 10.7. The largest absolute Gasteiger partial charge is 0.370 e. The van der Waals surface area contributed by atoms with Crippen LogP contribution in [0.25, 0.3) is 0 Å². The lowest BCUT2D eigenvalue weighted by Gasteiger charge is -2.11. The van der Waals surface area contributed by atoms with E-state index in [0.717, 1.165) is 41.1 Å². The van der Waals surface area contributed by atoms with Gasteiger partial charge in [0.15, 0.2) is 0 Å². The molecule has 0 fully saturated rings. The Labute approximate surface area is 131 Å². The van der Waals surface area contributed by atoms with Crippen LogP contribution in [0.15, 0.2) is 30.3 Å². The number of hydrogen-bond acceptors (Lipinski definition) is 4. The van der Waals surface area contributed by atoms with Gasteiger partial charge in [0, 0.05) is 23.3 Å². The highest BCUT2D eigenvalue weighted by Gasteiger charge is 2.03. The second-order valence-electron chi connectivity index (χ2n) is 5.43. The molecule has 4 nitrogen and oxygen atoms in total. The third-order valence-electron chi connectivity index (χ3n) is 2.98. The van der Waals surface area contributed by atoms with Crippen molar-refractivity contribution in [2.45, 2.75) is 27.2 Å². The van der Waals surface area contributed by atoms with Crippen LogP contribution in [0, 0.1) is 12.8 Å². The number of anilines is 3. The van der Waals surface area contributed by atoms with E-state index in [1.165, 1.54) is 0 Å². The van der Waals surface area contributed by atoms with Crippen molar-refractivity contribution in [1.82, 2.24) is 9.97 Å². The van der Waals surface area contributed by atoms with Crippen LogP contribution in [0.5, 0.6) is 0 Å². The molecule has 0 aliphatic heterocycles. The van der Waals surface area contributed by atoms with E-state index in [9.17, 15) is 0 Å². The molecule has 2 N–H and O–H groups in total. The lowest BCUT2D eigenvalue weighted by atomic mass is 10.1. The van der Waals surface area contributed by atoms with Crippen molar-refractivity contribution in [1.29, 1.82) is 0 Å². The van der Waals surface area contributed by atoms with Crippen LogP contribution in [0.2, 0.25) is 5.02 Å². The van der Waals surface area contributed by atoms with Crippen molar-refractivity contribution in [2.75, 3.05) is 17.2 Å². The first-order valence-electron chi connectivity index (χ1n) is 7.15. The molecule has 0 aliphatic rings. The second kappa shape index (κ2) is 7.27. The number of aromatic nitrogens is 2. The number of nitrogens with one attached hydrogen (secondary N) is 2. The maximum atomic E-state index is 5.88. The van der Waals surface area contributed by atoms with E-state index in [2.05, 4.69) is 34.4 Å². The highest BCUT2D eigenvalue weighted by atomic mass is 35.5. The summed E-state index contributed by atoms with van der Waals surface area (Å²) in [6.07, 6.45) is 1.11. The van der Waals surface area contributed by atoms with Crippen molar-refractivity contribution in [2.24, 2.45) is 5.92 Å². The number of nitrogens with zero attached hydrogens (tertiary/aromatic N) is 2. The molecule has 0 spiro atoms. The Morgan fingerprint density at radius 1 is 1.10 bits per heavy atom. The summed E-state index contributed by atoms with van der Waals surface area (Å²) in [6, 6.07) is 9.46. The van der Waals surface area contributed by atoms with Gasteiger partial charge in [-0.25, -0.2) is 9.97 Å². The fraction of sp³-hybridized carbons (Fsp3) is 0.375. The zero-order valence-electron chi connectivity index (χ0n) is 12.7. The minimum Gasteiger partial charge on any atom is -0.370 e.